The van der Waals surface area contributed by atoms with Gasteiger partial charge in [-0.15, -0.1) is 0 Å². The molecule has 1 N–H and O–H groups in total. The number of carbonyl (C=O) groups excluding carboxylic acids is 2. The van der Waals surface area contributed by atoms with Crippen molar-refractivity contribution in [1.29, 1.82) is 0 Å². The van der Waals surface area contributed by atoms with Crippen LogP contribution in [0.5, 0.6) is 0 Å². The van der Waals surface area contributed by atoms with Gasteiger partial charge in [0.05, 0.1) is 22.0 Å². The van der Waals surface area contributed by atoms with E-state index in [9.17, 15) is 18.0 Å². The van der Waals surface area contributed by atoms with Gasteiger partial charge in [-0.2, -0.15) is 0 Å². The molecule has 12 heteroatoms. The number of anilines is 1. The van der Waals surface area contributed by atoms with E-state index < -0.39 is 34.4 Å². The lowest BCUT2D eigenvalue weighted by atomic mass is 10.0. The molecule has 2 amide bonds. The lowest BCUT2D eigenvalue weighted by Gasteiger charge is -2.33. The Kier molecular flexibility index (Phi) is 10.3. The molecule has 1 unspecified atom stereocenters. The second-order valence-electron chi connectivity index (χ2n) is 8.49. The van der Waals surface area contributed by atoms with Crippen LogP contribution in [0.1, 0.15) is 11.1 Å². The van der Waals surface area contributed by atoms with Crippen LogP contribution in [0, 0.1) is 0 Å². The number of hydrogen-bond donors (Lipinski definition) is 1. The molecule has 0 bridgehead atoms. The molecule has 0 saturated carbocycles. The van der Waals surface area contributed by atoms with Gasteiger partial charge in [-0.1, -0.05) is 82.8 Å². The highest BCUT2D eigenvalue weighted by molar-refractivity contribution is 7.92. The third-order valence-electron chi connectivity index (χ3n) is 5.67. The summed E-state index contributed by atoms with van der Waals surface area (Å²) in [5, 5.41) is 3.63. The smallest absolute Gasteiger partial charge is 0.244 e. The van der Waals surface area contributed by atoms with E-state index in [2.05, 4.69) is 5.32 Å². The van der Waals surface area contributed by atoms with Crippen LogP contribution in [0.3, 0.4) is 0 Å². The SMILES string of the molecule is CNC(=O)C(Cc1ccccc1)N(Cc1ccc(Cl)c(Cl)c1)C(=O)CN(c1cc(Cl)cc(Cl)c1)S(C)(=O)=O. The Bertz CT molecular complexity index is 1400. The maximum atomic E-state index is 13.9. The molecule has 202 valence electrons. The largest absolute Gasteiger partial charge is 0.357 e. The van der Waals surface area contributed by atoms with Gasteiger partial charge in [0, 0.05) is 30.1 Å². The van der Waals surface area contributed by atoms with Crippen LogP contribution in [0.15, 0.2) is 66.7 Å². The maximum Gasteiger partial charge on any atom is 0.244 e. The molecule has 0 aromatic heterocycles. The molecule has 0 aliphatic heterocycles. The Morgan fingerprint density at radius 1 is 0.868 bits per heavy atom. The fourth-order valence-electron chi connectivity index (χ4n) is 3.85. The van der Waals surface area contributed by atoms with Gasteiger partial charge in [-0.3, -0.25) is 13.9 Å². The summed E-state index contributed by atoms with van der Waals surface area (Å²) in [6, 6.07) is 17.3. The highest BCUT2D eigenvalue weighted by atomic mass is 35.5. The number of rotatable bonds is 10. The van der Waals surface area contributed by atoms with Crippen molar-refractivity contribution in [3.63, 3.8) is 0 Å². The quantitative estimate of drug-likeness (QED) is 0.328. The molecule has 3 aromatic rings. The maximum absolute atomic E-state index is 13.9. The van der Waals surface area contributed by atoms with E-state index >= 15 is 0 Å². The minimum Gasteiger partial charge on any atom is -0.357 e. The van der Waals surface area contributed by atoms with Gasteiger partial charge in [0.25, 0.3) is 0 Å². The van der Waals surface area contributed by atoms with Crippen molar-refractivity contribution in [2.45, 2.75) is 19.0 Å². The molecule has 1 atom stereocenters. The molecule has 0 heterocycles. The van der Waals surface area contributed by atoms with E-state index in [-0.39, 0.29) is 33.7 Å². The summed E-state index contributed by atoms with van der Waals surface area (Å²) in [7, 11) is -2.48. The van der Waals surface area contributed by atoms with Crippen molar-refractivity contribution in [3.8, 4) is 0 Å². The minimum absolute atomic E-state index is 0.0332. The van der Waals surface area contributed by atoms with Gasteiger partial charge >= 0.3 is 0 Å². The Labute approximate surface area is 242 Å². The summed E-state index contributed by atoms with van der Waals surface area (Å²) in [6.07, 6.45) is 1.16. The monoisotopic (exact) mass is 615 g/mol. The average Bonchev–Trinajstić information content (AvgIpc) is 2.85. The van der Waals surface area contributed by atoms with Crippen LogP contribution in [0.4, 0.5) is 5.69 Å². The van der Waals surface area contributed by atoms with Crippen LogP contribution in [-0.4, -0.2) is 51.0 Å². The number of amides is 2. The molecule has 0 saturated heterocycles. The van der Waals surface area contributed by atoms with E-state index in [1.807, 2.05) is 30.3 Å². The van der Waals surface area contributed by atoms with Gasteiger partial charge in [-0.05, 0) is 41.5 Å². The van der Waals surface area contributed by atoms with Crippen LogP contribution < -0.4 is 9.62 Å². The zero-order chi connectivity index (χ0) is 28.0. The summed E-state index contributed by atoms with van der Waals surface area (Å²) in [4.78, 5) is 28.3. The van der Waals surface area contributed by atoms with E-state index in [0.29, 0.717) is 10.6 Å². The number of nitrogens with one attached hydrogen (secondary N) is 1. The molecule has 38 heavy (non-hydrogen) atoms. The van der Waals surface area contributed by atoms with Gasteiger partial charge in [0.15, 0.2) is 0 Å². The molecular formula is C26H25Cl4N3O4S. The number of halogens is 4. The van der Waals surface area contributed by atoms with Crippen molar-refractivity contribution in [2.24, 2.45) is 0 Å². The van der Waals surface area contributed by atoms with Gasteiger partial charge < -0.3 is 10.2 Å². The minimum atomic E-state index is -3.95. The summed E-state index contributed by atoms with van der Waals surface area (Å²) in [5.74, 6) is -1.04. The first-order valence-corrected chi connectivity index (χ1v) is 14.7. The third-order valence-corrected chi connectivity index (χ3v) is 7.98. The predicted octanol–water partition coefficient (Wildman–Crippen LogP) is 5.45. The van der Waals surface area contributed by atoms with Crippen molar-refractivity contribution >= 4 is 73.9 Å². The Balaban J connectivity index is 2.06. The average molecular weight is 617 g/mol. The van der Waals surface area contributed by atoms with Gasteiger partial charge in [0.1, 0.15) is 12.6 Å². The van der Waals surface area contributed by atoms with Gasteiger partial charge in [-0.25, -0.2) is 8.42 Å². The molecule has 0 aliphatic rings. The first kappa shape index (κ1) is 30.1. The lowest BCUT2D eigenvalue weighted by Crippen LogP contribution is -2.52. The van der Waals surface area contributed by atoms with Crippen LogP contribution in [0.25, 0.3) is 0 Å². The summed E-state index contributed by atoms with van der Waals surface area (Å²) in [6.45, 7) is -0.631. The molecule has 3 aromatic carbocycles. The van der Waals surface area contributed by atoms with E-state index in [1.165, 1.54) is 30.1 Å². The summed E-state index contributed by atoms with van der Waals surface area (Å²) in [5.41, 5.74) is 1.54. The number of sulfonamides is 1. The zero-order valence-electron chi connectivity index (χ0n) is 20.5. The first-order valence-electron chi connectivity index (χ1n) is 11.3. The molecule has 0 radical (unpaired) electrons. The van der Waals surface area contributed by atoms with E-state index in [1.54, 1.807) is 18.2 Å². The predicted molar refractivity (Wildman–Crippen MR) is 154 cm³/mol. The summed E-state index contributed by atoms with van der Waals surface area (Å²) < 4.78 is 26.4. The van der Waals surface area contributed by atoms with Crippen molar-refractivity contribution in [3.05, 3.63) is 97.9 Å². The number of carbonyl (C=O) groups is 2. The Morgan fingerprint density at radius 3 is 2.05 bits per heavy atom. The second kappa shape index (κ2) is 13.0. The van der Waals surface area contributed by atoms with Crippen molar-refractivity contribution < 1.29 is 18.0 Å². The summed E-state index contributed by atoms with van der Waals surface area (Å²) >= 11 is 24.5. The Morgan fingerprint density at radius 2 is 1.50 bits per heavy atom. The molecule has 0 fully saturated rings. The second-order valence-corrected chi connectivity index (χ2v) is 12.1. The first-order chi connectivity index (χ1) is 17.9. The highest BCUT2D eigenvalue weighted by Gasteiger charge is 2.32. The number of hydrogen-bond acceptors (Lipinski definition) is 4. The standard InChI is InChI=1S/C26H25Cl4N3O4S/c1-31-26(35)24(11-17-6-4-3-5-7-17)32(15-18-8-9-22(29)23(30)10-18)25(34)16-33(38(2,36)37)21-13-19(27)12-20(28)14-21/h3-10,12-14,24H,11,15-16H2,1-2H3,(H,31,35). The molecule has 7 nitrogen and oxygen atoms in total. The third kappa shape index (κ3) is 8.01. The lowest BCUT2D eigenvalue weighted by molar-refractivity contribution is -0.139. The Hall–Kier alpha value is -2.49. The van der Waals surface area contributed by atoms with Gasteiger partial charge in [0.2, 0.25) is 21.8 Å². The van der Waals surface area contributed by atoms with E-state index in [4.69, 9.17) is 46.4 Å². The fourth-order valence-corrected chi connectivity index (χ4v) is 5.52. The van der Waals surface area contributed by atoms with Crippen molar-refractivity contribution in [1.82, 2.24) is 10.2 Å². The number of benzene rings is 3. The normalized spacial score (nSPS) is 12.1. The van der Waals surface area contributed by atoms with Crippen LogP contribution in [0.2, 0.25) is 20.1 Å². The highest BCUT2D eigenvalue weighted by Crippen LogP contribution is 2.28. The number of nitrogens with zero attached hydrogens (tertiary/aromatic N) is 2. The molecule has 0 aliphatic carbocycles. The van der Waals surface area contributed by atoms with E-state index in [0.717, 1.165) is 16.1 Å². The fraction of sp³-hybridized carbons (Fsp3) is 0.231. The van der Waals surface area contributed by atoms with Crippen molar-refractivity contribution in [2.75, 3.05) is 24.2 Å². The molecule has 0 spiro atoms. The van der Waals surface area contributed by atoms with Crippen LogP contribution >= 0.6 is 46.4 Å². The number of likely N-dealkylation sites (N-methyl/N-ethyl adjacent to an activating group) is 1. The zero-order valence-corrected chi connectivity index (χ0v) is 24.3. The van der Waals surface area contributed by atoms with Crippen LogP contribution in [-0.2, 0) is 32.6 Å². The topological polar surface area (TPSA) is 86.8 Å². The molecule has 3 rings (SSSR count). The molecular weight excluding hydrogens is 592 g/mol.